The van der Waals surface area contributed by atoms with E-state index in [1.165, 1.54) is 0 Å². The molecule has 1 aliphatic rings. The van der Waals surface area contributed by atoms with Crippen LogP contribution in [0.5, 0.6) is 0 Å². The van der Waals surface area contributed by atoms with Gasteiger partial charge in [0.2, 0.25) is 11.8 Å². The fourth-order valence-corrected chi connectivity index (χ4v) is 3.49. The Morgan fingerprint density at radius 2 is 1.89 bits per heavy atom. The standard InChI is InChI=1S/C22H27N3O2/c1-5-16-8-6-7-15(2)21(16)23-22(27)17-13-20(26)25(14-17)19-11-9-18(10-12-19)24(3)4/h6-12,17H,5,13-14H2,1-4H3,(H,23,27). The Balaban J connectivity index is 1.72. The number of nitrogens with zero attached hydrogens (tertiary/aromatic N) is 2. The third-order valence-corrected chi connectivity index (χ3v) is 5.16. The molecule has 0 radical (unpaired) electrons. The summed E-state index contributed by atoms with van der Waals surface area (Å²) < 4.78 is 0. The topological polar surface area (TPSA) is 52.7 Å². The zero-order valence-corrected chi connectivity index (χ0v) is 16.5. The van der Waals surface area contributed by atoms with Gasteiger partial charge in [0.1, 0.15) is 0 Å². The minimum Gasteiger partial charge on any atom is -0.378 e. The summed E-state index contributed by atoms with van der Waals surface area (Å²) in [5.41, 5.74) is 4.95. The van der Waals surface area contributed by atoms with Crippen LogP contribution >= 0.6 is 0 Å². The van der Waals surface area contributed by atoms with Gasteiger partial charge in [0, 0.05) is 44.1 Å². The highest BCUT2D eigenvalue weighted by molar-refractivity contribution is 6.04. The predicted molar refractivity (Wildman–Crippen MR) is 110 cm³/mol. The summed E-state index contributed by atoms with van der Waals surface area (Å²) in [6.07, 6.45) is 1.10. The van der Waals surface area contributed by atoms with Crippen molar-refractivity contribution in [3.8, 4) is 0 Å². The first-order valence-electron chi connectivity index (χ1n) is 9.37. The average molecular weight is 365 g/mol. The minimum atomic E-state index is -0.338. The van der Waals surface area contributed by atoms with Gasteiger partial charge in [-0.15, -0.1) is 0 Å². The number of hydrogen-bond acceptors (Lipinski definition) is 3. The SMILES string of the molecule is CCc1cccc(C)c1NC(=O)C1CC(=O)N(c2ccc(N(C)C)cc2)C1. The van der Waals surface area contributed by atoms with E-state index in [1.807, 2.05) is 68.4 Å². The van der Waals surface area contributed by atoms with E-state index < -0.39 is 0 Å². The van der Waals surface area contributed by atoms with E-state index in [9.17, 15) is 9.59 Å². The highest BCUT2D eigenvalue weighted by Gasteiger charge is 2.35. The van der Waals surface area contributed by atoms with Crippen molar-refractivity contribution in [2.24, 2.45) is 5.92 Å². The second-order valence-corrected chi connectivity index (χ2v) is 7.27. The Bertz CT molecular complexity index is 843. The first kappa shape index (κ1) is 19.0. The van der Waals surface area contributed by atoms with Crippen LogP contribution < -0.4 is 15.1 Å². The molecule has 1 saturated heterocycles. The van der Waals surface area contributed by atoms with Gasteiger partial charge < -0.3 is 15.1 Å². The molecule has 1 N–H and O–H groups in total. The Kier molecular flexibility index (Phi) is 5.49. The molecule has 142 valence electrons. The third kappa shape index (κ3) is 3.97. The molecule has 2 amide bonds. The molecule has 0 saturated carbocycles. The molecule has 27 heavy (non-hydrogen) atoms. The zero-order chi connectivity index (χ0) is 19.6. The maximum atomic E-state index is 12.8. The summed E-state index contributed by atoms with van der Waals surface area (Å²) in [5, 5.41) is 3.06. The monoisotopic (exact) mass is 365 g/mol. The smallest absolute Gasteiger partial charge is 0.229 e. The number of carbonyl (C=O) groups excluding carboxylic acids is 2. The van der Waals surface area contributed by atoms with Crippen molar-refractivity contribution in [2.45, 2.75) is 26.7 Å². The molecule has 2 aromatic rings. The first-order chi connectivity index (χ1) is 12.9. The Labute approximate surface area is 161 Å². The summed E-state index contributed by atoms with van der Waals surface area (Å²) in [4.78, 5) is 29.0. The molecule has 0 spiro atoms. The lowest BCUT2D eigenvalue weighted by molar-refractivity contribution is -0.122. The van der Waals surface area contributed by atoms with E-state index >= 15 is 0 Å². The molecule has 1 atom stereocenters. The number of amides is 2. The van der Waals surface area contributed by atoms with Crippen molar-refractivity contribution in [1.29, 1.82) is 0 Å². The molecule has 1 unspecified atom stereocenters. The third-order valence-electron chi connectivity index (χ3n) is 5.16. The number of benzene rings is 2. The molecule has 5 nitrogen and oxygen atoms in total. The lowest BCUT2D eigenvalue weighted by Crippen LogP contribution is -2.28. The van der Waals surface area contributed by atoms with E-state index in [1.54, 1.807) is 4.90 Å². The number of aryl methyl sites for hydroxylation is 2. The van der Waals surface area contributed by atoms with Crippen LogP contribution in [0.2, 0.25) is 0 Å². The summed E-state index contributed by atoms with van der Waals surface area (Å²) in [5.74, 6) is -0.427. The van der Waals surface area contributed by atoms with Crippen LogP contribution in [0.25, 0.3) is 0 Å². The summed E-state index contributed by atoms with van der Waals surface area (Å²) in [7, 11) is 3.96. The van der Waals surface area contributed by atoms with Crippen LogP contribution in [-0.4, -0.2) is 32.5 Å². The van der Waals surface area contributed by atoms with Gasteiger partial charge in [-0.05, 0) is 48.7 Å². The van der Waals surface area contributed by atoms with Crippen molar-refractivity contribution >= 4 is 28.9 Å². The van der Waals surface area contributed by atoms with E-state index in [0.717, 1.165) is 34.6 Å². The van der Waals surface area contributed by atoms with Crippen LogP contribution in [-0.2, 0) is 16.0 Å². The van der Waals surface area contributed by atoms with Crippen molar-refractivity contribution in [1.82, 2.24) is 0 Å². The number of rotatable bonds is 5. The Hall–Kier alpha value is -2.82. The maximum absolute atomic E-state index is 12.8. The predicted octanol–water partition coefficient (Wildman–Crippen LogP) is 3.62. The van der Waals surface area contributed by atoms with Crippen molar-refractivity contribution in [2.75, 3.05) is 35.8 Å². The summed E-state index contributed by atoms with van der Waals surface area (Å²) in [6.45, 7) is 4.48. The van der Waals surface area contributed by atoms with E-state index in [-0.39, 0.29) is 24.2 Å². The molecular formula is C22H27N3O2. The molecular weight excluding hydrogens is 338 g/mol. The molecule has 1 aliphatic heterocycles. The number of para-hydroxylation sites is 1. The first-order valence-corrected chi connectivity index (χ1v) is 9.37. The minimum absolute atomic E-state index is 0.00625. The molecule has 0 aliphatic carbocycles. The number of nitrogens with one attached hydrogen (secondary N) is 1. The van der Waals surface area contributed by atoms with E-state index in [2.05, 4.69) is 12.2 Å². The second kappa shape index (κ2) is 7.82. The van der Waals surface area contributed by atoms with Gasteiger partial charge >= 0.3 is 0 Å². The van der Waals surface area contributed by atoms with Crippen LogP contribution in [0, 0.1) is 12.8 Å². The normalized spacial score (nSPS) is 16.5. The highest BCUT2D eigenvalue weighted by Crippen LogP contribution is 2.29. The largest absolute Gasteiger partial charge is 0.378 e. The lowest BCUT2D eigenvalue weighted by atomic mass is 10.0. The van der Waals surface area contributed by atoms with Gasteiger partial charge in [-0.2, -0.15) is 0 Å². The molecule has 2 aromatic carbocycles. The van der Waals surface area contributed by atoms with Gasteiger partial charge in [-0.3, -0.25) is 9.59 Å². The van der Waals surface area contributed by atoms with E-state index in [0.29, 0.717) is 6.54 Å². The van der Waals surface area contributed by atoms with Gasteiger partial charge in [-0.25, -0.2) is 0 Å². The fourth-order valence-electron chi connectivity index (χ4n) is 3.49. The maximum Gasteiger partial charge on any atom is 0.229 e. The average Bonchev–Trinajstić information content (AvgIpc) is 3.05. The summed E-state index contributed by atoms with van der Waals surface area (Å²) >= 11 is 0. The number of hydrogen-bond donors (Lipinski definition) is 1. The molecule has 3 rings (SSSR count). The second-order valence-electron chi connectivity index (χ2n) is 7.27. The zero-order valence-electron chi connectivity index (χ0n) is 16.5. The van der Waals surface area contributed by atoms with Gasteiger partial charge in [0.25, 0.3) is 0 Å². The quantitative estimate of drug-likeness (QED) is 0.881. The van der Waals surface area contributed by atoms with E-state index in [4.69, 9.17) is 0 Å². The van der Waals surface area contributed by atoms with Crippen molar-refractivity contribution in [3.63, 3.8) is 0 Å². The molecule has 0 aromatic heterocycles. The molecule has 0 bridgehead atoms. The summed E-state index contributed by atoms with van der Waals surface area (Å²) in [6, 6.07) is 13.9. The number of carbonyl (C=O) groups is 2. The molecule has 5 heteroatoms. The highest BCUT2D eigenvalue weighted by atomic mass is 16.2. The number of anilines is 3. The van der Waals surface area contributed by atoms with Crippen LogP contribution in [0.4, 0.5) is 17.1 Å². The van der Waals surface area contributed by atoms with Crippen molar-refractivity contribution < 1.29 is 9.59 Å². The van der Waals surface area contributed by atoms with Crippen LogP contribution in [0.15, 0.2) is 42.5 Å². The molecule has 1 fully saturated rings. The van der Waals surface area contributed by atoms with Gasteiger partial charge in [0.15, 0.2) is 0 Å². The Morgan fingerprint density at radius 1 is 1.19 bits per heavy atom. The molecule has 1 heterocycles. The van der Waals surface area contributed by atoms with Gasteiger partial charge in [-0.1, -0.05) is 25.1 Å². The lowest BCUT2D eigenvalue weighted by Gasteiger charge is -2.19. The fraction of sp³-hybridized carbons (Fsp3) is 0.364. The van der Waals surface area contributed by atoms with Crippen LogP contribution in [0.3, 0.4) is 0 Å². The van der Waals surface area contributed by atoms with Gasteiger partial charge in [0.05, 0.1) is 5.92 Å². The Morgan fingerprint density at radius 3 is 2.52 bits per heavy atom. The van der Waals surface area contributed by atoms with Crippen molar-refractivity contribution in [3.05, 3.63) is 53.6 Å². The van der Waals surface area contributed by atoms with Crippen LogP contribution in [0.1, 0.15) is 24.5 Å².